The van der Waals surface area contributed by atoms with Crippen LogP contribution in [0.25, 0.3) is 0 Å². The van der Waals surface area contributed by atoms with E-state index < -0.39 is 0 Å². The summed E-state index contributed by atoms with van der Waals surface area (Å²) < 4.78 is 18.1. The predicted molar refractivity (Wildman–Crippen MR) is 185 cm³/mol. The molecule has 252 valence electrons. The third-order valence-corrected chi connectivity index (χ3v) is 16.2. The maximum Gasteiger partial charge on any atom is 0.155 e. The van der Waals surface area contributed by atoms with Gasteiger partial charge < -0.3 is 14.2 Å². The van der Waals surface area contributed by atoms with Gasteiger partial charge in [-0.3, -0.25) is 4.79 Å². The topological polar surface area (TPSA) is 44.8 Å². The second kappa shape index (κ2) is 11.2. The van der Waals surface area contributed by atoms with E-state index in [4.69, 9.17) is 14.2 Å². The number of ether oxygens (including phenoxy) is 3. The van der Waals surface area contributed by atoms with Crippen LogP contribution in [0.2, 0.25) is 0 Å². The monoisotopic (exact) mass is 636 g/mol. The van der Waals surface area contributed by atoms with Crippen molar-refractivity contribution in [2.24, 2.45) is 58.2 Å². The minimum absolute atomic E-state index is 0.00905. The van der Waals surface area contributed by atoms with E-state index in [1.165, 1.54) is 75.5 Å². The van der Waals surface area contributed by atoms with Crippen LogP contribution in [-0.4, -0.2) is 37.3 Å². The lowest BCUT2D eigenvalue weighted by molar-refractivity contribution is -0.116. The number of carbonyl (C=O) groups is 1. The molecule has 4 saturated carbocycles. The van der Waals surface area contributed by atoms with Gasteiger partial charge in [-0.25, -0.2) is 0 Å². The summed E-state index contributed by atoms with van der Waals surface area (Å²) in [6.45, 7) is 6.65. The molecule has 2 heterocycles. The average Bonchev–Trinajstić information content (AvgIpc) is 3.89. The van der Waals surface area contributed by atoms with Gasteiger partial charge in [0, 0.05) is 23.7 Å². The molecule has 0 aromatic heterocycles. The summed E-state index contributed by atoms with van der Waals surface area (Å²) in [6, 6.07) is 0. The van der Waals surface area contributed by atoms with E-state index in [0.29, 0.717) is 23.0 Å². The number of carbonyl (C=O) groups excluding carboxylic acids is 1. The van der Waals surface area contributed by atoms with Crippen LogP contribution in [0.3, 0.4) is 0 Å². The molecule has 0 bridgehead atoms. The Morgan fingerprint density at radius 2 is 1.38 bits per heavy atom. The molecule has 8 aliphatic carbocycles. The predicted octanol–water partition coefficient (Wildman–Crippen LogP) is 9.25. The molecule has 12 atom stereocenters. The van der Waals surface area contributed by atoms with Gasteiger partial charge in [-0.1, -0.05) is 56.4 Å². The first-order valence-electron chi connectivity index (χ1n) is 19.3. The number of fused-ring (bicyclic) bond motifs is 12. The Kier molecular flexibility index (Phi) is 7.34. The molecule has 0 saturated heterocycles. The van der Waals surface area contributed by atoms with Crippen molar-refractivity contribution in [2.75, 3.05) is 20.3 Å². The molecule has 0 aromatic carbocycles. The van der Waals surface area contributed by atoms with E-state index in [1.54, 1.807) is 5.57 Å². The molecule has 0 aromatic rings. The highest BCUT2D eigenvalue weighted by Gasteiger charge is 2.64. The zero-order valence-corrected chi connectivity index (χ0v) is 29.1. The van der Waals surface area contributed by atoms with E-state index in [2.05, 4.69) is 62.5 Å². The number of rotatable bonds is 1. The summed E-state index contributed by atoms with van der Waals surface area (Å²) >= 11 is 0. The number of methoxy groups -OCH3 is 1. The van der Waals surface area contributed by atoms with Gasteiger partial charge in [0.25, 0.3) is 0 Å². The molecule has 10 rings (SSSR count). The van der Waals surface area contributed by atoms with E-state index in [-0.39, 0.29) is 16.6 Å². The van der Waals surface area contributed by atoms with Gasteiger partial charge in [-0.15, -0.1) is 0 Å². The Balaban J connectivity index is 0.000000129. The Bertz CT molecular complexity index is 1490. The first-order valence-corrected chi connectivity index (χ1v) is 19.3. The van der Waals surface area contributed by atoms with Crippen molar-refractivity contribution in [1.29, 1.82) is 0 Å². The fourth-order valence-electron chi connectivity index (χ4n) is 13.8. The molecule has 4 heteroatoms. The minimum Gasteiger partial charge on any atom is -0.501 e. The quantitative estimate of drug-likeness (QED) is 0.269. The zero-order valence-electron chi connectivity index (χ0n) is 29.1. The van der Waals surface area contributed by atoms with Crippen LogP contribution >= 0.6 is 0 Å². The van der Waals surface area contributed by atoms with Crippen LogP contribution in [0.1, 0.15) is 97.3 Å². The molecule has 0 amide bonds. The Morgan fingerprint density at radius 1 is 0.723 bits per heavy atom. The lowest BCUT2D eigenvalue weighted by Crippen LogP contribution is -2.51. The van der Waals surface area contributed by atoms with Gasteiger partial charge in [0.05, 0.1) is 37.3 Å². The van der Waals surface area contributed by atoms with Crippen molar-refractivity contribution in [2.45, 2.75) is 109 Å². The summed E-state index contributed by atoms with van der Waals surface area (Å²) in [5.74, 6) is 7.67. The molecule has 2 spiro atoms. The first kappa shape index (κ1) is 30.9. The maximum atomic E-state index is 11.7. The van der Waals surface area contributed by atoms with E-state index >= 15 is 0 Å². The van der Waals surface area contributed by atoms with Gasteiger partial charge in [-0.2, -0.15) is 0 Å². The van der Waals surface area contributed by atoms with Gasteiger partial charge in [0.2, 0.25) is 0 Å². The normalized spacial score (nSPS) is 49.9. The van der Waals surface area contributed by atoms with Crippen molar-refractivity contribution >= 4 is 5.78 Å². The molecule has 6 unspecified atom stereocenters. The molecule has 47 heavy (non-hydrogen) atoms. The highest BCUT2D eigenvalue weighted by molar-refractivity contribution is 5.92. The van der Waals surface area contributed by atoms with Crippen molar-refractivity contribution in [3.63, 3.8) is 0 Å². The smallest absolute Gasteiger partial charge is 0.155 e. The SMILES string of the molecule is COC1=CC2=CCC3C(CC[C@@]4(C)C3CC[C@@]43C=CCO3)[C@H]2CC1.C[C@]12CCC3C(C=CC4=CC(=O)CC[C@@H]43)C1CC[C@@]21C=CCO1. The van der Waals surface area contributed by atoms with Crippen molar-refractivity contribution in [3.8, 4) is 0 Å². The second-order valence-corrected chi connectivity index (χ2v) is 17.5. The van der Waals surface area contributed by atoms with Crippen molar-refractivity contribution in [3.05, 3.63) is 71.6 Å². The molecule has 0 N–H and O–H groups in total. The maximum absolute atomic E-state index is 11.7. The first-order chi connectivity index (χ1) is 22.8. The molecule has 4 fully saturated rings. The van der Waals surface area contributed by atoms with Gasteiger partial charge >= 0.3 is 0 Å². The Labute approximate surface area is 282 Å². The zero-order chi connectivity index (χ0) is 32.0. The van der Waals surface area contributed by atoms with E-state index in [9.17, 15) is 4.79 Å². The second-order valence-electron chi connectivity index (χ2n) is 17.5. The highest BCUT2D eigenvalue weighted by Crippen LogP contribution is 2.67. The summed E-state index contributed by atoms with van der Waals surface area (Å²) in [6.07, 6.45) is 36.7. The molecular formula is C43H56O4. The largest absolute Gasteiger partial charge is 0.501 e. The van der Waals surface area contributed by atoms with Crippen molar-refractivity contribution in [1.82, 2.24) is 0 Å². The van der Waals surface area contributed by atoms with Crippen LogP contribution in [0.5, 0.6) is 0 Å². The summed E-state index contributed by atoms with van der Waals surface area (Å²) in [4.78, 5) is 11.7. The number of hydrogen-bond donors (Lipinski definition) is 0. The van der Waals surface area contributed by atoms with E-state index in [1.807, 2.05) is 13.2 Å². The molecule has 10 aliphatic rings. The number of ketones is 1. The van der Waals surface area contributed by atoms with Gasteiger partial charge in [0.15, 0.2) is 5.78 Å². The highest BCUT2D eigenvalue weighted by atomic mass is 16.5. The molecular weight excluding hydrogens is 580 g/mol. The summed E-state index contributed by atoms with van der Waals surface area (Å²) in [5.41, 5.74) is 3.60. The Hall–Kier alpha value is -2.17. The van der Waals surface area contributed by atoms with Crippen molar-refractivity contribution < 1.29 is 19.0 Å². The third kappa shape index (κ3) is 4.41. The van der Waals surface area contributed by atoms with Gasteiger partial charge in [0.1, 0.15) is 0 Å². The van der Waals surface area contributed by atoms with Crippen LogP contribution < -0.4 is 0 Å². The third-order valence-electron chi connectivity index (χ3n) is 16.2. The lowest BCUT2D eigenvalue weighted by Gasteiger charge is -2.54. The van der Waals surface area contributed by atoms with Crippen LogP contribution in [0.15, 0.2) is 71.6 Å². The molecule has 2 aliphatic heterocycles. The van der Waals surface area contributed by atoms with E-state index in [0.717, 1.165) is 68.0 Å². The lowest BCUT2D eigenvalue weighted by atomic mass is 9.51. The van der Waals surface area contributed by atoms with Crippen LogP contribution in [0.4, 0.5) is 0 Å². The Morgan fingerprint density at radius 3 is 2.09 bits per heavy atom. The number of hydrogen-bond acceptors (Lipinski definition) is 4. The van der Waals surface area contributed by atoms with Gasteiger partial charge in [-0.05, 0) is 141 Å². The summed E-state index contributed by atoms with van der Waals surface area (Å²) in [7, 11) is 1.82. The molecule has 4 nitrogen and oxygen atoms in total. The summed E-state index contributed by atoms with van der Waals surface area (Å²) in [5, 5.41) is 0. The number of allylic oxidation sites excluding steroid dienone is 8. The average molecular weight is 637 g/mol. The standard InChI is InChI=1S/C22H30O2.C21H26O2/c1-21-11-8-18-17-7-5-16(23-2)14-15(17)4-6-19(18)20(21)9-12-22(21)10-3-13-24-22;1-20-10-7-17-16-6-4-15(22)13-14(16)3-5-18(17)19(20)8-11-21(20)9-2-12-23-21/h3-4,10,14,17-20H,5-9,11-13H2,1-2H3;2-3,5,9,13,16-19H,4,6-8,10-12H2,1H3/t17-,18?,19?,20?,21-,22-;16-,17?,18?,19?,20-,21-/m00/s1. The fraction of sp³-hybridized carbons (Fsp3) is 0.698. The minimum atomic E-state index is 0.00905. The van der Waals surface area contributed by atoms with Crippen LogP contribution in [-0.2, 0) is 19.0 Å². The fourth-order valence-corrected chi connectivity index (χ4v) is 13.8. The molecule has 0 radical (unpaired) electrons. The van der Waals surface area contributed by atoms with Crippen LogP contribution in [0, 0.1) is 58.2 Å².